The van der Waals surface area contributed by atoms with Crippen LogP contribution in [0.25, 0.3) is 0 Å². The SMILES string of the molecule is C=CCOc1c(Br)cc(/C=N/NC(=O)CN(c2cccc(C)c2)S(=O)(=O)c2ccccc2)cc1OC. The number of sulfonamides is 1. The van der Waals surface area contributed by atoms with Gasteiger partial charge in [-0.15, -0.1) is 0 Å². The van der Waals surface area contributed by atoms with E-state index >= 15 is 0 Å². The Morgan fingerprint density at radius 3 is 2.56 bits per heavy atom. The standard InChI is InChI=1S/C26H26BrN3O5S/c1-4-13-35-26-23(27)15-20(16-24(26)34-3)17-28-29-25(31)18-30(21-10-8-9-19(2)14-21)36(32,33)22-11-6-5-7-12-22/h4-12,14-17H,1,13,18H2,2-3H3,(H,29,31)/b28-17+. The van der Waals surface area contributed by atoms with Gasteiger partial charge in [0.2, 0.25) is 0 Å². The highest BCUT2D eigenvalue weighted by Crippen LogP contribution is 2.36. The van der Waals surface area contributed by atoms with Crippen molar-refractivity contribution in [3.63, 3.8) is 0 Å². The summed E-state index contributed by atoms with van der Waals surface area (Å²) in [5.74, 6) is 0.376. The molecule has 0 saturated heterocycles. The van der Waals surface area contributed by atoms with Gasteiger partial charge in [0.05, 0.1) is 28.4 Å². The van der Waals surface area contributed by atoms with Crippen molar-refractivity contribution in [2.24, 2.45) is 5.10 Å². The van der Waals surface area contributed by atoms with Crippen LogP contribution in [0.1, 0.15) is 11.1 Å². The number of halogens is 1. The molecule has 10 heteroatoms. The summed E-state index contributed by atoms with van der Waals surface area (Å²) in [6.45, 7) is 5.32. The first-order valence-electron chi connectivity index (χ1n) is 10.8. The van der Waals surface area contributed by atoms with E-state index in [9.17, 15) is 13.2 Å². The molecule has 0 radical (unpaired) electrons. The Hall–Kier alpha value is -3.63. The predicted molar refractivity (Wildman–Crippen MR) is 144 cm³/mol. The molecule has 0 saturated carbocycles. The first-order valence-corrected chi connectivity index (χ1v) is 13.1. The van der Waals surface area contributed by atoms with Crippen molar-refractivity contribution in [3.8, 4) is 11.5 Å². The van der Waals surface area contributed by atoms with Crippen molar-refractivity contribution in [1.82, 2.24) is 5.43 Å². The van der Waals surface area contributed by atoms with Gasteiger partial charge in [0.25, 0.3) is 15.9 Å². The van der Waals surface area contributed by atoms with Crippen molar-refractivity contribution in [1.29, 1.82) is 0 Å². The van der Waals surface area contributed by atoms with Crippen LogP contribution < -0.4 is 19.2 Å². The summed E-state index contributed by atoms with van der Waals surface area (Å²) in [4.78, 5) is 12.8. The average Bonchev–Trinajstić information content (AvgIpc) is 2.86. The minimum atomic E-state index is -3.99. The zero-order chi connectivity index (χ0) is 26.1. The number of nitrogens with zero attached hydrogens (tertiary/aromatic N) is 2. The Balaban J connectivity index is 1.80. The van der Waals surface area contributed by atoms with Gasteiger partial charge in [-0.3, -0.25) is 9.10 Å². The highest BCUT2D eigenvalue weighted by atomic mass is 79.9. The molecule has 3 aromatic rings. The Labute approximate surface area is 219 Å². The lowest BCUT2D eigenvalue weighted by Gasteiger charge is -2.24. The van der Waals surface area contributed by atoms with Gasteiger partial charge in [0, 0.05) is 0 Å². The number of nitrogens with one attached hydrogen (secondary N) is 1. The van der Waals surface area contributed by atoms with Crippen LogP contribution in [0.2, 0.25) is 0 Å². The summed E-state index contributed by atoms with van der Waals surface area (Å²) in [6.07, 6.45) is 3.04. The number of hydrogen-bond acceptors (Lipinski definition) is 6. The number of benzene rings is 3. The molecule has 0 aliphatic carbocycles. The lowest BCUT2D eigenvalue weighted by molar-refractivity contribution is -0.119. The van der Waals surface area contributed by atoms with E-state index in [4.69, 9.17) is 9.47 Å². The largest absolute Gasteiger partial charge is 0.493 e. The molecule has 0 bridgehead atoms. The maximum Gasteiger partial charge on any atom is 0.264 e. The highest BCUT2D eigenvalue weighted by molar-refractivity contribution is 9.10. The van der Waals surface area contributed by atoms with E-state index in [0.717, 1.165) is 9.87 Å². The highest BCUT2D eigenvalue weighted by Gasteiger charge is 2.27. The third-order valence-electron chi connectivity index (χ3n) is 4.91. The predicted octanol–water partition coefficient (Wildman–Crippen LogP) is 4.68. The van der Waals surface area contributed by atoms with Crippen LogP contribution in [0.3, 0.4) is 0 Å². The zero-order valence-electron chi connectivity index (χ0n) is 19.8. The molecule has 0 aliphatic heterocycles. The van der Waals surface area contributed by atoms with E-state index in [1.165, 1.54) is 25.5 Å². The van der Waals surface area contributed by atoms with Crippen molar-refractivity contribution in [3.05, 3.63) is 95.0 Å². The van der Waals surface area contributed by atoms with Crippen LogP contribution in [0.5, 0.6) is 11.5 Å². The van der Waals surface area contributed by atoms with Crippen molar-refractivity contribution in [2.75, 3.05) is 24.6 Å². The number of rotatable bonds is 11. The van der Waals surface area contributed by atoms with E-state index < -0.39 is 22.5 Å². The third kappa shape index (κ3) is 6.73. The fourth-order valence-electron chi connectivity index (χ4n) is 3.26. The number of hydrazone groups is 1. The second-order valence-corrected chi connectivity index (χ2v) is 10.3. The van der Waals surface area contributed by atoms with Gasteiger partial charge in [0.1, 0.15) is 13.2 Å². The van der Waals surface area contributed by atoms with E-state index in [0.29, 0.717) is 33.8 Å². The summed E-state index contributed by atoms with van der Waals surface area (Å²) < 4.78 is 39.4. The van der Waals surface area contributed by atoms with Gasteiger partial charge in [-0.25, -0.2) is 13.8 Å². The number of aryl methyl sites for hydroxylation is 1. The van der Waals surface area contributed by atoms with E-state index in [1.807, 2.05) is 13.0 Å². The molecule has 0 spiro atoms. The van der Waals surface area contributed by atoms with E-state index in [2.05, 4.69) is 33.0 Å². The van der Waals surface area contributed by atoms with Crippen molar-refractivity contribution < 1.29 is 22.7 Å². The van der Waals surface area contributed by atoms with Gasteiger partial charge in [-0.2, -0.15) is 5.10 Å². The zero-order valence-corrected chi connectivity index (χ0v) is 22.3. The van der Waals surface area contributed by atoms with Crippen LogP contribution in [-0.4, -0.2) is 40.8 Å². The second kappa shape index (κ2) is 12.4. The van der Waals surface area contributed by atoms with Gasteiger partial charge in [0.15, 0.2) is 11.5 Å². The number of carbonyl (C=O) groups excluding carboxylic acids is 1. The summed E-state index contributed by atoms with van der Waals surface area (Å²) >= 11 is 3.44. The summed E-state index contributed by atoms with van der Waals surface area (Å²) in [5.41, 5.74) is 4.26. The van der Waals surface area contributed by atoms with Crippen LogP contribution in [0, 0.1) is 6.92 Å². The topological polar surface area (TPSA) is 97.3 Å². The number of methoxy groups -OCH3 is 1. The molecule has 0 heterocycles. The molecule has 0 unspecified atom stereocenters. The molecule has 188 valence electrons. The molecule has 0 aliphatic rings. The lowest BCUT2D eigenvalue weighted by Crippen LogP contribution is -2.39. The maximum atomic E-state index is 13.4. The fourth-order valence-corrected chi connectivity index (χ4v) is 5.27. The smallest absolute Gasteiger partial charge is 0.264 e. The molecule has 3 rings (SSSR count). The minimum Gasteiger partial charge on any atom is -0.493 e. The normalized spacial score (nSPS) is 11.2. The molecule has 3 aromatic carbocycles. The van der Waals surface area contributed by atoms with Crippen molar-refractivity contribution >= 4 is 43.8 Å². The molecule has 0 aromatic heterocycles. The third-order valence-corrected chi connectivity index (χ3v) is 7.29. The molecule has 8 nitrogen and oxygen atoms in total. The monoisotopic (exact) mass is 571 g/mol. The Morgan fingerprint density at radius 2 is 1.89 bits per heavy atom. The Morgan fingerprint density at radius 1 is 1.14 bits per heavy atom. The second-order valence-electron chi connectivity index (χ2n) is 7.59. The van der Waals surface area contributed by atoms with E-state index in [1.54, 1.807) is 54.6 Å². The molecule has 1 amide bonds. The molecular formula is C26H26BrN3O5S. The summed E-state index contributed by atoms with van der Waals surface area (Å²) in [7, 11) is -2.48. The minimum absolute atomic E-state index is 0.0820. The van der Waals surface area contributed by atoms with Gasteiger partial charge >= 0.3 is 0 Å². The van der Waals surface area contributed by atoms with Crippen molar-refractivity contribution in [2.45, 2.75) is 11.8 Å². The summed E-state index contributed by atoms with van der Waals surface area (Å²) in [6, 6.07) is 18.3. The van der Waals surface area contributed by atoms with Gasteiger partial charge in [-0.05, 0) is 70.4 Å². The van der Waals surface area contributed by atoms with Crippen LogP contribution in [-0.2, 0) is 14.8 Å². The first-order chi connectivity index (χ1) is 17.3. The first kappa shape index (κ1) is 27.0. The Kier molecular flexibility index (Phi) is 9.26. The maximum absolute atomic E-state index is 13.4. The summed E-state index contributed by atoms with van der Waals surface area (Å²) in [5, 5.41) is 3.99. The van der Waals surface area contributed by atoms with Crippen LogP contribution >= 0.6 is 15.9 Å². The van der Waals surface area contributed by atoms with Gasteiger partial charge in [-0.1, -0.05) is 43.0 Å². The molecule has 0 fully saturated rings. The average molecular weight is 572 g/mol. The number of amides is 1. The van der Waals surface area contributed by atoms with E-state index in [-0.39, 0.29) is 4.90 Å². The Bertz CT molecular complexity index is 1360. The number of ether oxygens (including phenoxy) is 2. The lowest BCUT2D eigenvalue weighted by atomic mass is 10.2. The quantitative estimate of drug-likeness (QED) is 0.205. The number of carbonyl (C=O) groups is 1. The molecule has 1 N–H and O–H groups in total. The molecule has 0 atom stereocenters. The van der Waals surface area contributed by atoms with Crippen LogP contribution in [0.4, 0.5) is 5.69 Å². The van der Waals surface area contributed by atoms with Gasteiger partial charge < -0.3 is 9.47 Å². The molecular weight excluding hydrogens is 546 g/mol. The van der Waals surface area contributed by atoms with Crippen LogP contribution in [0.15, 0.2) is 93.9 Å². The number of anilines is 1. The molecule has 36 heavy (non-hydrogen) atoms. The fraction of sp³-hybridized carbons (Fsp3) is 0.154. The number of hydrogen-bond donors (Lipinski definition) is 1.